The number of hydrogen-bond acceptors (Lipinski definition) is 2. The number of halogens is 2. The Morgan fingerprint density at radius 1 is 1.32 bits per heavy atom. The van der Waals surface area contributed by atoms with E-state index in [1.165, 1.54) is 4.88 Å². The summed E-state index contributed by atoms with van der Waals surface area (Å²) in [6.45, 7) is 0.858. The van der Waals surface area contributed by atoms with E-state index >= 15 is 0 Å². The van der Waals surface area contributed by atoms with E-state index in [1.807, 2.05) is 18.2 Å². The van der Waals surface area contributed by atoms with Crippen LogP contribution in [0.15, 0.2) is 34.8 Å². The molecule has 3 rings (SSSR count). The molecule has 98 valence electrons. The second-order valence-electron chi connectivity index (χ2n) is 4.20. The van der Waals surface area contributed by atoms with Crippen molar-refractivity contribution in [2.45, 2.75) is 13.0 Å². The highest BCUT2D eigenvalue weighted by atomic mass is 79.9. The number of aryl methyl sites for hydroxylation is 2. The van der Waals surface area contributed by atoms with Gasteiger partial charge in [0.1, 0.15) is 0 Å². The van der Waals surface area contributed by atoms with Gasteiger partial charge in [0.15, 0.2) is 4.77 Å². The van der Waals surface area contributed by atoms with Crippen LogP contribution in [0.2, 0.25) is 4.34 Å². The zero-order chi connectivity index (χ0) is 13.4. The van der Waals surface area contributed by atoms with Crippen LogP contribution in [-0.4, -0.2) is 9.55 Å². The molecular weight excluding hydrogens is 364 g/mol. The number of aromatic amines is 1. The molecule has 1 N–H and O–H groups in total. The predicted molar refractivity (Wildman–Crippen MR) is 87.9 cm³/mol. The number of benzene rings is 1. The number of hydrogen-bond donors (Lipinski definition) is 1. The second kappa shape index (κ2) is 5.40. The minimum absolute atomic E-state index is 0.760. The molecule has 2 nitrogen and oxygen atoms in total. The summed E-state index contributed by atoms with van der Waals surface area (Å²) in [5.41, 5.74) is 2.19. The molecule has 1 aromatic carbocycles. The molecule has 19 heavy (non-hydrogen) atoms. The number of fused-ring (bicyclic) bond motifs is 1. The van der Waals surface area contributed by atoms with Crippen molar-refractivity contribution in [1.82, 2.24) is 9.55 Å². The van der Waals surface area contributed by atoms with E-state index in [9.17, 15) is 0 Å². The highest BCUT2D eigenvalue weighted by Crippen LogP contribution is 2.24. The number of thiophene rings is 1. The number of rotatable bonds is 3. The lowest BCUT2D eigenvalue weighted by atomic mass is 10.3. The maximum absolute atomic E-state index is 5.94. The summed E-state index contributed by atoms with van der Waals surface area (Å²) in [5, 5.41) is 0. The van der Waals surface area contributed by atoms with E-state index in [0.29, 0.717) is 0 Å². The third kappa shape index (κ3) is 2.79. The minimum atomic E-state index is 0.760. The van der Waals surface area contributed by atoms with Crippen molar-refractivity contribution in [3.63, 3.8) is 0 Å². The number of imidazole rings is 1. The van der Waals surface area contributed by atoms with Crippen LogP contribution in [0.3, 0.4) is 0 Å². The average molecular weight is 374 g/mol. The highest BCUT2D eigenvalue weighted by Gasteiger charge is 2.06. The van der Waals surface area contributed by atoms with Gasteiger partial charge >= 0.3 is 0 Å². The maximum Gasteiger partial charge on any atom is 0.178 e. The summed E-state index contributed by atoms with van der Waals surface area (Å²) in [4.78, 5) is 4.51. The number of H-pyrrole nitrogens is 1. The van der Waals surface area contributed by atoms with Gasteiger partial charge in [-0.3, -0.25) is 0 Å². The quantitative estimate of drug-likeness (QED) is 0.608. The molecule has 0 saturated carbocycles. The van der Waals surface area contributed by atoms with E-state index in [-0.39, 0.29) is 0 Å². The summed E-state index contributed by atoms with van der Waals surface area (Å²) >= 11 is 16.4. The SMILES string of the molecule is S=c1[nH]c2cc(Br)ccc2n1CCc1ccc(Cl)s1. The van der Waals surface area contributed by atoms with Crippen molar-refractivity contribution in [2.75, 3.05) is 0 Å². The molecule has 0 radical (unpaired) electrons. The van der Waals surface area contributed by atoms with Crippen molar-refractivity contribution < 1.29 is 0 Å². The van der Waals surface area contributed by atoms with E-state index in [4.69, 9.17) is 23.8 Å². The lowest BCUT2D eigenvalue weighted by Gasteiger charge is -2.03. The summed E-state index contributed by atoms with van der Waals surface area (Å²) in [5.74, 6) is 0. The summed E-state index contributed by atoms with van der Waals surface area (Å²) in [6, 6.07) is 10.2. The molecule has 2 aromatic heterocycles. The molecule has 0 aliphatic carbocycles. The Morgan fingerprint density at radius 2 is 2.16 bits per heavy atom. The average Bonchev–Trinajstić information content (AvgIpc) is 2.89. The van der Waals surface area contributed by atoms with Gasteiger partial charge in [-0.25, -0.2) is 0 Å². The normalized spacial score (nSPS) is 11.3. The van der Waals surface area contributed by atoms with Gasteiger partial charge in [0.25, 0.3) is 0 Å². The lowest BCUT2D eigenvalue weighted by molar-refractivity contribution is 0.712. The first-order valence-corrected chi connectivity index (χ1v) is 8.15. The van der Waals surface area contributed by atoms with Gasteiger partial charge in [-0.05, 0) is 49.0 Å². The molecule has 0 fully saturated rings. The van der Waals surface area contributed by atoms with Crippen LogP contribution in [0.25, 0.3) is 11.0 Å². The molecule has 0 bridgehead atoms. The fourth-order valence-electron chi connectivity index (χ4n) is 2.07. The Bertz CT molecular complexity index is 787. The molecule has 3 aromatic rings. The third-order valence-electron chi connectivity index (χ3n) is 2.95. The zero-order valence-electron chi connectivity index (χ0n) is 9.82. The highest BCUT2D eigenvalue weighted by molar-refractivity contribution is 9.10. The van der Waals surface area contributed by atoms with Gasteiger partial charge < -0.3 is 9.55 Å². The fraction of sp³-hybridized carbons (Fsp3) is 0.154. The first-order chi connectivity index (χ1) is 9.13. The van der Waals surface area contributed by atoms with Crippen molar-refractivity contribution in [1.29, 1.82) is 0 Å². The van der Waals surface area contributed by atoms with E-state index < -0.39 is 0 Å². The molecule has 6 heteroatoms. The van der Waals surface area contributed by atoms with Crippen molar-refractivity contribution in [3.8, 4) is 0 Å². The van der Waals surface area contributed by atoms with Crippen molar-refractivity contribution in [2.24, 2.45) is 0 Å². The molecule has 0 aliphatic rings. The summed E-state index contributed by atoms with van der Waals surface area (Å²) in [7, 11) is 0. The van der Waals surface area contributed by atoms with E-state index in [1.54, 1.807) is 11.3 Å². The van der Waals surface area contributed by atoms with Crippen LogP contribution < -0.4 is 0 Å². The monoisotopic (exact) mass is 372 g/mol. The lowest BCUT2D eigenvalue weighted by Crippen LogP contribution is -2.00. The zero-order valence-corrected chi connectivity index (χ0v) is 13.8. The molecule has 0 spiro atoms. The predicted octanol–water partition coefficient (Wildman–Crippen LogP) is 5.42. The number of nitrogens with zero attached hydrogens (tertiary/aromatic N) is 1. The van der Waals surface area contributed by atoms with Gasteiger partial charge in [0.05, 0.1) is 15.4 Å². The summed E-state index contributed by atoms with van der Waals surface area (Å²) < 4.78 is 4.77. The van der Waals surface area contributed by atoms with Gasteiger partial charge in [-0.2, -0.15) is 0 Å². The molecule has 0 atom stereocenters. The van der Waals surface area contributed by atoms with Gasteiger partial charge in [-0.1, -0.05) is 27.5 Å². The maximum atomic E-state index is 5.94. The van der Waals surface area contributed by atoms with Crippen molar-refractivity contribution >= 4 is 62.1 Å². The fourth-order valence-corrected chi connectivity index (χ4v) is 3.80. The molecule has 2 heterocycles. The van der Waals surface area contributed by atoms with E-state index in [2.05, 4.69) is 37.6 Å². The van der Waals surface area contributed by atoms with Crippen LogP contribution >= 0.6 is 51.1 Å². The molecular formula is C13H10BrClN2S2. The largest absolute Gasteiger partial charge is 0.331 e. The van der Waals surface area contributed by atoms with Gasteiger partial charge in [0.2, 0.25) is 0 Å². The molecule has 0 amide bonds. The molecule has 0 aliphatic heterocycles. The Morgan fingerprint density at radius 3 is 2.89 bits per heavy atom. The first kappa shape index (κ1) is 13.4. The smallest absolute Gasteiger partial charge is 0.178 e. The van der Waals surface area contributed by atoms with Crippen LogP contribution in [0.5, 0.6) is 0 Å². The number of nitrogens with one attached hydrogen (secondary N) is 1. The first-order valence-electron chi connectivity index (χ1n) is 5.76. The topological polar surface area (TPSA) is 20.7 Å². The summed E-state index contributed by atoms with van der Waals surface area (Å²) in [6.07, 6.45) is 0.939. The Hall–Kier alpha value is -0.620. The van der Waals surface area contributed by atoms with Crippen LogP contribution in [0.1, 0.15) is 4.88 Å². The Balaban J connectivity index is 1.92. The van der Waals surface area contributed by atoms with Gasteiger partial charge in [0, 0.05) is 15.9 Å². The Labute approximate surface area is 133 Å². The van der Waals surface area contributed by atoms with Gasteiger partial charge in [-0.15, -0.1) is 11.3 Å². The number of aromatic nitrogens is 2. The van der Waals surface area contributed by atoms with Crippen LogP contribution in [0, 0.1) is 4.77 Å². The van der Waals surface area contributed by atoms with E-state index in [0.717, 1.165) is 37.6 Å². The van der Waals surface area contributed by atoms with Crippen molar-refractivity contribution in [3.05, 3.63) is 48.8 Å². The molecule has 0 unspecified atom stereocenters. The van der Waals surface area contributed by atoms with Crippen LogP contribution in [0.4, 0.5) is 0 Å². The minimum Gasteiger partial charge on any atom is -0.331 e. The standard InChI is InChI=1S/C13H10BrClN2S2/c14-8-1-3-11-10(7-8)16-13(18)17(11)6-5-9-2-4-12(15)19-9/h1-4,7H,5-6H2,(H,16,18). The second-order valence-corrected chi connectivity index (χ2v) is 7.30. The Kier molecular flexibility index (Phi) is 3.80. The molecule has 0 saturated heterocycles. The third-order valence-corrected chi connectivity index (χ3v) is 5.05. The van der Waals surface area contributed by atoms with Crippen LogP contribution in [-0.2, 0) is 13.0 Å².